The molecule has 0 aliphatic heterocycles. The molecule has 1 N–H and O–H groups in total. The van der Waals surface area contributed by atoms with Gasteiger partial charge in [-0.15, -0.1) is 0 Å². The molecule has 0 aromatic heterocycles. The summed E-state index contributed by atoms with van der Waals surface area (Å²) in [6, 6.07) is 19.0. The number of carbonyl (C=O) groups excluding carboxylic acids is 1. The minimum Gasteiger partial charge on any atom is -0.494 e. The van der Waals surface area contributed by atoms with Gasteiger partial charge in [0.1, 0.15) is 11.5 Å². The molecule has 0 aliphatic carbocycles. The first-order valence-electron chi connectivity index (χ1n) is 9.70. The summed E-state index contributed by atoms with van der Waals surface area (Å²) in [5, 5.41) is 2.83. The van der Waals surface area contributed by atoms with E-state index in [1.165, 1.54) is 0 Å². The molecule has 0 saturated heterocycles. The topological polar surface area (TPSA) is 59.9 Å². The lowest BCUT2D eigenvalue weighted by atomic mass is 10.2. The Hall–Kier alpha value is -2.64. The number of halogens is 2. The smallest absolute Gasteiger partial charge is 0.262 e. The first-order chi connectivity index (χ1) is 14.9. The van der Waals surface area contributed by atoms with E-state index in [1.54, 1.807) is 6.21 Å². The van der Waals surface area contributed by atoms with Crippen molar-refractivity contribution < 1.29 is 14.3 Å². The summed E-state index contributed by atoms with van der Waals surface area (Å²) in [4.78, 5) is 16.7. The molecule has 3 aromatic carbocycles. The van der Waals surface area contributed by atoms with E-state index in [-0.39, 0.29) is 12.5 Å². The first kappa shape index (κ1) is 23.0. The Bertz CT molecular complexity index is 1060. The molecule has 5 nitrogen and oxygen atoms in total. The predicted octanol–water partition coefficient (Wildman–Crippen LogP) is 6.69. The fourth-order valence-corrected chi connectivity index (χ4v) is 4.24. The summed E-state index contributed by atoms with van der Waals surface area (Å²) in [6.07, 6.45) is 1.76. The van der Waals surface area contributed by atoms with E-state index < -0.39 is 0 Å². The summed E-state index contributed by atoms with van der Waals surface area (Å²) >= 11 is 7.03. The van der Waals surface area contributed by atoms with Crippen LogP contribution in [0.15, 0.2) is 74.6 Å². The molecule has 1 amide bonds. The summed E-state index contributed by atoms with van der Waals surface area (Å²) < 4.78 is 12.6. The maximum atomic E-state index is 12.2. The fraction of sp³-hybridized carbons (Fsp3) is 0.167. The summed E-state index contributed by atoms with van der Waals surface area (Å²) in [6.45, 7) is 4.45. The molecule has 0 spiro atoms. The molecule has 0 bridgehead atoms. The van der Waals surface area contributed by atoms with Gasteiger partial charge < -0.3 is 14.8 Å². The minimum absolute atomic E-state index is 0.106. The van der Waals surface area contributed by atoms with Crippen LogP contribution in [0.1, 0.15) is 18.1 Å². The molecule has 0 radical (unpaired) electrons. The summed E-state index contributed by atoms with van der Waals surface area (Å²) in [5.41, 5.74) is 3.52. The van der Waals surface area contributed by atoms with E-state index in [1.807, 2.05) is 74.5 Å². The number of hydrogen-bond acceptors (Lipinski definition) is 4. The van der Waals surface area contributed by atoms with Crippen molar-refractivity contribution in [2.75, 3.05) is 18.5 Å². The molecular formula is C24H22Br2N2O3. The van der Waals surface area contributed by atoms with Gasteiger partial charge in [-0.3, -0.25) is 9.79 Å². The highest BCUT2D eigenvalue weighted by molar-refractivity contribution is 9.11. The highest BCUT2D eigenvalue weighted by Gasteiger charge is 2.11. The van der Waals surface area contributed by atoms with Crippen LogP contribution in [0.3, 0.4) is 0 Å². The molecule has 160 valence electrons. The van der Waals surface area contributed by atoms with Gasteiger partial charge in [-0.25, -0.2) is 0 Å². The SMILES string of the molecule is CCOc1ccc(N=Cc2cc(Br)c(OCC(=O)Nc3cccc(C)c3)c(Br)c2)cc1. The van der Waals surface area contributed by atoms with Crippen molar-refractivity contribution in [1.29, 1.82) is 0 Å². The second kappa shape index (κ2) is 11.1. The molecule has 0 unspecified atom stereocenters. The molecule has 0 atom stereocenters. The number of nitrogens with zero attached hydrogens (tertiary/aromatic N) is 1. The van der Waals surface area contributed by atoms with Gasteiger partial charge in [-0.1, -0.05) is 12.1 Å². The number of amides is 1. The number of aryl methyl sites for hydroxylation is 1. The van der Waals surface area contributed by atoms with Crippen molar-refractivity contribution in [3.63, 3.8) is 0 Å². The maximum Gasteiger partial charge on any atom is 0.262 e. The average molecular weight is 546 g/mol. The van der Waals surface area contributed by atoms with E-state index in [2.05, 4.69) is 42.2 Å². The lowest BCUT2D eigenvalue weighted by molar-refractivity contribution is -0.118. The van der Waals surface area contributed by atoms with Crippen LogP contribution in [0.4, 0.5) is 11.4 Å². The van der Waals surface area contributed by atoms with Crippen molar-refractivity contribution in [1.82, 2.24) is 0 Å². The Balaban J connectivity index is 1.62. The summed E-state index contributed by atoms with van der Waals surface area (Å²) in [7, 11) is 0. The van der Waals surface area contributed by atoms with E-state index in [0.29, 0.717) is 12.4 Å². The van der Waals surface area contributed by atoms with Crippen molar-refractivity contribution in [2.45, 2.75) is 13.8 Å². The van der Waals surface area contributed by atoms with Crippen LogP contribution >= 0.6 is 31.9 Å². The van der Waals surface area contributed by atoms with Gasteiger partial charge in [-0.2, -0.15) is 0 Å². The number of hydrogen-bond donors (Lipinski definition) is 1. The number of nitrogens with one attached hydrogen (secondary N) is 1. The van der Waals surface area contributed by atoms with Crippen LogP contribution in [-0.4, -0.2) is 25.3 Å². The Morgan fingerprint density at radius 2 is 1.74 bits per heavy atom. The second-order valence-electron chi connectivity index (χ2n) is 6.71. The Labute approximate surface area is 198 Å². The van der Waals surface area contributed by atoms with Crippen molar-refractivity contribution >= 4 is 55.4 Å². The van der Waals surface area contributed by atoms with Gasteiger partial charge in [-0.05, 0) is 105 Å². The Morgan fingerprint density at radius 1 is 1.03 bits per heavy atom. The molecule has 0 aliphatic rings. The van der Waals surface area contributed by atoms with Crippen LogP contribution < -0.4 is 14.8 Å². The predicted molar refractivity (Wildman–Crippen MR) is 132 cm³/mol. The third-order valence-electron chi connectivity index (χ3n) is 4.18. The van der Waals surface area contributed by atoms with Crippen molar-refractivity contribution in [3.05, 3.63) is 80.7 Å². The average Bonchev–Trinajstić information content (AvgIpc) is 2.73. The zero-order valence-corrected chi connectivity index (χ0v) is 20.4. The van der Waals surface area contributed by atoms with Crippen LogP contribution in [0.2, 0.25) is 0 Å². The number of rotatable bonds is 8. The zero-order valence-electron chi connectivity index (χ0n) is 17.2. The Morgan fingerprint density at radius 3 is 2.39 bits per heavy atom. The molecule has 0 saturated carbocycles. The molecule has 3 rings (SSSR count). The van der Waals surface area contributed by atoms with Crippen molar-refractivity contribution in [3.8, 4) is 11.5 Å². The van der Waals surface area contributed by atoms with Gasteiger partial charge in [0.25, 0.3) is 5.91 Å². The van der Waals surface area contributed by atoms with E-state index in [4.69, 9.17) is 9.47 Å². The second-order valence-corrected chi connectivity index (χ2v) is 8.41. The molecule has 31 heavy (non-hydrogen) atoms. The monoisotopic (exact) mass is 544 g/mol. The zero-order chi connectivity index (χ0) is 22.2. The quantitative estimate of drug-likeness (QED) is 0.321. The summed E-state index contributed by atoms with van der Waals surface area (Å²) in [5.74, 6) is 1.14. The molecule has 7 heteroatoms. The van der Waals surface area contributed by atoms with E-state index in [9.17, 15) is 4.79 Å². The molecular weight excluding hydrogens is 524 g/mol. The van der Waals surface area contributed by atoms with Crippen LogP contribution in [0.5, 0.6) is 11.5 Å². The number of ether oxygens (including phenoxy) is 2. The number of aliphatic imine (C=N–C) groups is 1. The number of anilines is 1. The minimum atomic E-state index is -0.231. The van der Waals surface area contributed by atoms with Gasteiger partial charge in [0.2, 0.25) is 0 Å². The van der Waals surface area contributed by atoms with Gasteiger partial charge in [0.15, 0.2) is 6.61 Å². The van der Waals surface area contributed by atoms with Crippen molar-refractivity contribution in [2.24, 2.45) is 4.99 Å². The van der Waals surface area contributed by atoms with E-state index >= 15 is 0 Å². The largest absolute Gasteiger partial charge is 0.494 e. The number of benzene rings is 3. The standard InChI is InChI=1S/C24H22Br2N2O3/c1-3-30-20-9-7-18(8-10-20)27-14-17-12-21(25)24(22(26)13-17)31-15-23(29)28-19-6-4-5-16(2)11-19/h4-14H,3,15H2,1-2H3,(H,28,29). The molecule has 0 heterocycles. The lowest BCUT2D eigenvalue weighted by Gasteiger charge is -2.12. The lowest BCUT2D eigenvalue weighted by Crippen LogP contribution is -2.20. The van der Waals surface area contributed by atoms with E-state index in [0.717, 1.165) is 37.2 Å². The van der Waals surface area contributed by atoms with Gasteiger partial charge in [0.05, 0.1) is 21.2 Å². The number of carbonyl (C=O) groups is 1. The van der Waals surface area contributed by atoms with Crippen LogP contribution in [-0.2, 0) is 4.79 Å². The first-order valence-corrected chi connectivity index (χ1v) is 11.3. The third-order valence-corrected chi connectivity index (χ3v) is 5.36. The molecule has 0 fully saturated rings. The molecule has 3 aromatic rings. The highest BCUT2D eigenvalue weighted by atomic mass is 79.9. The normalized spacial score (nSPS) is 10.8. The maximum absolute atomic E-state index is 12.2. The third kappa shape index (κ3) is 6.94. The van der Waals surface area contributed by atoms with Crippen LogP contribution in [0, 0.1) is 6.92 Å². The fourth-order valence-electron chi connectivity index (χ4n) is 2.79. The van der Waals surface area contributed by atoms with Gasteiger partial charge >= 0.3 is 0 Å². The Kier molecular flexibility index (Phi) is 8.26. The van der Waals surface area contributed by atoms with Gasteiger partial charge in [0, 0.05) is 11.9 Å². The highest BCUT2D eigenvalue weighted by Crippen LogP contribution is 2.34. The van der Waals surface area contributed by atoms with Crippen LogP contribution in [0.25, 0.3) is 0 Å².